The number of carbonyl (C=O) groups is 1. The van der Waals surface area contributed by atoms with Gasteiger partial charge in [0, 0.05) is 30.3 Å². The number of nitrogens with one attached hydrogen (secondary N) is 1. The maximum atomic E-state index is 13.3. The molecule has 0 bridgehead atoms. The standard InChI is InChI=1S/C25H28ClN3O3S/c1-3-28(4-2)22-15-13-20(14-16-22)18-27-25(30)19-29(23-10-8-9-21(26)17-23)33(31,32)24-11-6-5-7-12-24/h5-17H,3-4,18-19H2,1-2H3,(H,27,30). The van der Waals surface area contributed by atoms with Crippen molar-refractivity contribution in [3.63, 3.8) is 0 Å². The normalized spacial score (nSPS) is 11.1. The molecule has 1 N–H and O–H groups in total. The van der Waals surface area contributed by atoms with E-state index in [4.69, 9.17) is 11.6 Å². The lowest BCUT2D eigenvalue weighted by Gasteiger charge is -2.24. The molecule has 0 aliphatic rings. The molecule has 0 saturated carbocycles. The summed E-state index contributed by atoms with van der Waals surface area (Å²) in [7, 11) is -3.96. The quantitative estimate of drug-likeness (QED) is 0.452. The van der Waals surface area contributed by atoms with Crippen molar-refractivity contribution in [3.8, 4) is 0 Å². The Morgan fingerprint density at radius 2 is 1.55 bits per heavy atom. The molecule has 1 amide bonds. The number of rotatable bonds is 10. The van der Waals surface area contributed by atoms with E-state index in [9.17, 15) is 13.2 Å². The minimum absolute atomic E-state index is 0.102. The molecule has 3 aromatic rings. The van der Waals surface area contributed by atoms with Gasteiger partial charge in [0.05, 0.1) is 10.6 Å². The first-order chi connectivity index (χ1) is 15.8. The van der Waals surface area contributed by atoms with Gasteiger partial charge < -0.3 is 10.2 Å². The number of carbonyl (C=O) groups excluding carboxylic acids is 1. The molecule has 8 heteroatoms. The van der Waals surface area contributed by atoms with Crippen LogP contribution in [0.2, 0.25) is 5.02 Å². The van der Waals surface area contributed by atoms with Crippen LogP contribution in [0.15, 0.2) is 83.8 Å². The van der Waals surface area contributed by atoms with E-state index in [-0.39, 0.29) is 11.4 Å². The molecule has 0 heterocycles. The van der Waals surface area contributed by atoms with Crippen LogP contribution in [0.1, 0.15) is 19.4 Å². The molecule has 3 rings (SSSR count). The Kier molecular flexibility index (Phi) is 8.36. The van der Waals surface area contributed by atoms with Gasteiger partial charge in [-0.25, -0.2) is 8.42 Å². The van der Waals surface area contributed by atoms with E-state index in [0.717, 1.165) is 28.6 Å². The Hall–Kier alpha value is -3.03. The van der Waals surface area contributed by atoms with E-state index in [1.165, 1.54) is 18.2 Å². The first-order valence-corrected chi connectivity index (χ1v) is 12.6. The molecule has 0 aliphatic heterocycles. The number of nitrogens with zero attached hydrogens (tertiary/aromatic N) is 2. The highest BCUT2D eigenvalue weighted by molar-refractivity contribution is 7.92. The summed E-state index contributed by atoms with van der Waals surface area (Å²) >= 11 is 6.09. The van der Waals surface area contributed by atoms with Gasteiger partial charge in [0.1, 0.15) is 6.54 Å². The Labute approximate surface area is 200 Å². The van der Waals surface area contributed by atoms with Gasteiger partial charge in [0.15, 0.2) is 0 Å². The minimum atomic E-state index is -3.96. The first-order valence-electron chi connectivity index (χ1n) is 10.8. The average Bonchev–Trinajstić information content (AvgIpc) is 2.83. The zero-order chi connectivity index (χ0) is 23.8. The Balaban J connectivity index is 1.76. The maximum absolute atomic E-state index is 13.3. The number of benzene rings is 3. The van der Waals surface area contributed by atoms with Crippen molar-refractivity contribution in [2.24, 2.45) is 0 Å². The second-order valence-electron chi connectivity index (χ2n) is 7.42. The van der Waals surface area contributed by atoms with Crippen LogP contribution in [0, 0.1) is 0 Å². The van der Waals surface area contributed by atoms with Crippen molar-refractivity contribution in [1.29, 1.82) is 0 Å². The molecule has 0 atom stereocenters. The second-order valence-corrected chi connectivity index (χ2v) is 9.72. The minimum Gasteiger partial charge on any atom is -0.372 e. The lowest BCUT2D eigenvalue weighted by Crippen LogP contribution is -2.40. The largest absolute Gasteiger partial charge is 0.372 e. The topological polar surface area (TPSA) is 69.7 Å². The van der Waals surface area contributed by atoms with Crippen LogP contribution in [0.25, 0.3) is 0 Å². The van der Waals surface area contributed by atoms with E-state index in [0.29, 0.717) is 17.3 Å². The SMILES string of the molecule is CCN(CC)c1ccc(CNC(=O)CN(c2cccc(Cl)c2)S(=O)(=O)c2ccccc2)cc1. The molecule has 0 unspecified atom stereocenters. The lowest BCUT2D eigenvalue weighted by molar-refractivity contribution is -0.119. The fraction of sp³-hybridized carbons (Fsp3) is 0.240. The summed E-state index contributed by atoms with van der Waals surface area (Å²) in [5.74, 6) is -0.415. The molecule has 0 aliphatic carbocycles. The molecule has 0 fully saturated rings. The van der Waals surface area contributed by atoms with Crippen LogP contribution in [0.4, 0.5) is 11.4 Å². The lowest BCUT2D eigenvalue weighted by atomic mass is 10.2. The highest BCUT2D eigenvalue weighted by Crippen LogP contribution is 2.26. The molecular weight excluding hydrogens is 458 g/mol. The molecule has 3 aromatic carbocycles. The molecular formula is C25H28ClN3O3S. The molecule has 0 aromatic heterocycles. The fourth-order valence-electron chi connectivity index (χ4n) is 3.47. The highest BCUT2D eigenvalue weighted by Gasteiger charge is 2.27. The monoisotopic (exact) mass is 485 g/mol. The van der Waals surface area contributed by atoms with E-state index < -0.39 is 15.9 Å². The molecule has 0 spiro atoms. The summed E-state index contributed by atoms with van der Waals surface area (Å²) in [6.45, 7) is 5.98. The summed E-state index contributed by atoms with van der Waals surface area (Å²) in [5.41, 5.74) is 2.38. The van der Waals surface area contributed by atoms with Gasteiger partial charge in [0.2, 0.25) is 5.91 Å². The number of halogens is 1. The zero-order valence-electron chi connectivity index (χ0n) is 18.7. The summed E-state index contributed by atoms with van der Waals surface area (Å²) in [4.78, 5) is 15.1. The van der Waals surface area contributed by atoms with Gasteiger partial charge in [-0.2, -0.15) is 0 Å². The number of hydrogen-bond acceptors (Lipinski definition) is 4. The molecule has 6 nitrogen and oxygen atoms in total. The van der Waals surface area contributed by atoms with Crippen molar-refractivity contribution in [1.82, 2.24) is 5.32 Å². The number of hydrogen-bond donors (Lipinski definition) is 1. The first kappa shape index (κ1) is 24.6. The predicted molar refractivity (Wildman–Crippen MR) is 134 cm³/mol. The van der Waals surface area contributed by atoms with Crippen molar-refractivity contribution in [3.05, 3.63) is 89.4 Å². The van der Waals surface area contributed by atoms with Gasteiger partial charge in [-0.05, 0) is 61.9 Å². The van der Waals surface area contributed by atoms with Crippen LogP contribution in [0.5, 0.6) is 0 Å². The average molecular weight is 486 g/mol. The molecule has 33 heavy (non-hydrogen) atoms. The second kappa shape index (κ2) is 11.2. The van der Waals surface area contributed by atoms with Crippen LogP contribution in [0.3, 0.4) is 0 Å². The molecule has 0 radical (unpaired) electrons. The smallest absolute Gasteiger partial charge is 0.264 e. The predicted octanol–water partition coefficient (Wildman–Crippen LogP) is 4.70. The van der Waals surface area contributed by atoms with E-state index in [1.807, 2.05) is 24.3 Å². The van der Waals surface area contributed by atoms with Gasteiger partial charge in [0.25, 0.3) is 10.0 Å². The summed E-state index contributed by atoms with van der Waals surface area (Å²) in [6.07, 6.45) is 0. The zero-order valence-corrected chi connectivity index (χ0v) is 20.3. The van der Waals surface area contributed by atoms with E-state index >= 15 is 0 Å². The Bertz CT molecular complexity index is 1170. The molecule has 174 valence electrons. The van der Waals surface area contributed by atoms with Crippen molar-refractivity contribution in [2.75, 3.05) is 28.8 Å². The third-order valence-corrected chi connectivity index (χ3v) is 7.29. The van der Waals surface area contributed by atoms with Crippen molar-refractivity contribution in [2.45, 2.75) is 25.3 Å². The number of amides is 1. The van der Waals surface area contributed by atoms with Gasteiger partial charge in [-0.3, -0.25) is 9.10 Å². The Morgan fingerprint density at radius 1 is 0.879 bits per heavy atom. The van der Waals surface area contributed by atoms with E-state index in [2.05, 4.69) is 24.1 Å². The van der Waals surface area contributed by atoms with Gasteiger partial charge in [-0.1, -0.05) is 48.0 Å². The van der Waals surface area contributed by atoms with Gasteiger partial charge >= 0.3 is 0 Å². The van der Waals surface area contributed by atoms with Crippen LogP contribution in [-0.2, 0) is 21.4 Å². The summed E-state index contributed by atoms with van der Waals surface area (Å²) in [6, 6.07) is 22.4. The summed E-state index contributed by atoms with van der Waals surface area (Å²) in [5, 5.41) is 3.21. The number of sulfonamides is 1. The van der Waals surface area contributed by atoms with Crippen LogP contribution >= 0.6 is 11.6 Å². The third-order valence-electron chi connectivity index (χ3n) is 5.27. The van der Waals surface area contributed by atoms with E-state index in [1.54, 1.807) is 36.4 Å². The van der Waals surface area contributed by atoms with Crippen LogP contribution in [-0.4, -0.2) is 34.0 Å². The Morgan fingerprint density at radius 3 is 2.15 bits per heavy atom. The third kappa shape index (κ3) is 6.27. The molecule has 0 saturated heterocycles. The fourth-order valence-corrected chi connectivity index (χ4v) is 5.08. The van der Waals surface area contributed by atoms with Crippen molar-refractivity contribution >= 4 is 38.9 Å². The summed E-state index contributed by atoms with van der Waals surface area (Å²) < 4.78 is 27.7. The van der Waals surface area contributed by atoms with Gasteiger partial charge in [-0.15, -0.1) is 0 Å². The maximum Gasteiger partial charge on any atom is 0.264 e. The van der Waals surface area contributed by atoms with Crippen LogP contribution < -0.4 is 14.5 Å². The van der Waals surface area contributed by atoms with Crippen molar-refractivity contribution < 1.29 is 13.2 Å². The number of anilines is 2. The highest BCUT2D eigenvalue weighted by atomic mass is 35.5.